The van der Waals surface area contributed by atoms with Gasteiger partial charge in [0.15, 0.2) is 5.11 Å². The van der Waals surface area contributed by atoms with Crippen molar-refractivity contribution in [2.45, 2.75) is 68.2 Å². The fourth-order valence-corrected chi connectivity index (χ4v) is 3.20. The first-order valence-electron chi connectivity index (χ1n) is 9.81. The minimum absolute atomic E-state index is 0.0452. The number of unbranched alkanes of at least 4 members (excludes halogenated alkanes) is 6. The van der Waals surface area contributed by atoms with Crippen LogP contribution in [0.4, 0.5) is 11.4 Å². The molecular formula is C19H27Cl3N4O3S. The monoisotopic (exact) mass is 496 g/mol. The van der Waals surface area contributed by atoms with Crippen LogP contribution >= 0.6 is 47.0 Å². The van der Waals surface area contributed by atoms with E-state index in [1.165, 1.54) is 49.9 Å². The largest absolute Gasteiger partial charge is 0.339 e. The van der Waals surface area contributed by atoms with Crippen LogP contribution in [0.3, 0.4) is 0 Å². The van der Waals surface area contributed by atoms with Crippen LogP contribution in [0.1, 0.15) is 58.3 Å². The number of non-ortho nitro benzene ring substituents is 1. The number of hydrogen-bond donors (Lipinski definition) is 3. The lowest BCUT2D eigenvalue weighted by molar-refractivity contribution is -0.384. The van der Waals surface area contributed by atoms with Crippen molar-refractivity contribution in [3.05, 3.63) is 34.4 Å². The zero-order chi connectivity index (χ0) is 22.6. The molecule has 0 fully saturated rings. The number of benzene rings is 1. The van der Waals surface area contributed by atoms with Gasteiger partial charge in [0.25, 0.3) is 5.69 Å². The van der Waals surface area contributed by atoms with E-state index in [2.05, 4.69) is 22.9 Å². The number of nitro groups is 1. The zero-order valence-electron chi connectivity index (χ0n) is 16.8. The normalized spacial score (nSPS) is 12.1. The number of amides is 1. The number of nitro benzene ring substituents is 1. The molecule has 3 N–H and O–H groups in total. The summed E-state index contributed by atoms with van der Waals surface area (Å²) in [5.41, 5.74) is 0.465. The van der Waals surface area contributed by atoms with Crippen LogP contribution < -0.4 is 16.0 Å². The average molecular weight is 498 g/mol. The highest BCUT2D eigenvalue weighted by molar-refractivity contribution is 7.80. The number of hydrogen-bond acceptors (Lipinski definition) is 4. The first-order valence-corrected chi connectivity index (χ1v) is 11.4. The predicted molar refractivity (Wildman–Crippen MR) is 127 cm³/mol. The molecule has 1 atom stereocenters. The minimum atomic E-state index is -1.84. The van der Waals surface area contributed by atoms with Crippen LogP contribution in [0, 0.1) is 10.1 Å². The van der Waals surface area contributed by atoms with Crippen LogP contribution in [0.2, 0.25) is 0 Å². The van der Waals surface area contributed by atoms with Gasteiger partial charge in [0, 0.05) is 24.2 Å². The van der Waals surface area contributed by atoms with Crippen molar-refractivity contribution >= 4 is 69.4 Å². The SMILES string of the molecule is CCCCCCCCCC(=O)N[C@H](NC(=S)Nc1ccc([N+](=O)[O-])cc1)C(Cl)(Cl)Cl. The minimum Gasteiger partial charge on any atom is -0.339 e. The number of nitrogens with zero attached hydrogens (tertiary/aromatic N) is 1. The van der Waals surface area contributed by atoms with Gasteiger partial charge in [-0.1, -0.05) is 80.3 Å². The zero-order valence-corrected chi connectivity index (χ0v) is 19.8. The molecule has 0 saturated heterocycles. The third-order valence-electron chi connectivity index (χ3n) is 4.25. The van der Waals surface area contributed by atoms with Gasteiger partial charge in [-0.25, -0.2) is 0 Å². The van der Waals surface area contributed by atoms with Gasteiger partial charge >= 0.3 is 0 Å². The second-order valence-electron chi connectivity index (χ2n) is 6.82. The summed E-state index contributed by atoms with van der Waals surface area (Å²) in [5, 5.41) is 19.0. The highest BCUT2D eigenvalue weighted by Crippen LogP contribution is 2.29. The summed E-state index contributed by atoms with van der Waals surface area (Å²) in [6, 6.07) is 5.66. The second kappa shape index (κ2) is 13.9. The Morgan fingerprint density at radius 3 is 2.17 bits per heavy atom. The van der Waals surface area contributed by atoms with E-state index in [-0.39, 0.29) is 16.7 Å². The van der Waals surface area contributed by atoms with Gasteiger partial charge in [0.2, 0.25) is 9.70 Å². The second-order valence-corrected chi connectivity index (χ2v) is 9.59. The number of halogens is 3. The van der Waals surface area contributed by atoms with Crippen molar-refractivity contribution in [3.8, 4) is 0 Å². The molecule has 168 valence electrons. The Kier molecular flexibility index (Phi) is 12.3. The average Bonchev–Trinajstić information content (AvgIpc) is 2.66. The van der Waals surface area contributed by atoms with Gasteiger partial charge in [-0.2, -0.15) is 0 Å². The van der Waals surface area contributed by atoms with Crippen LogP contribution in [0.15, 0.2) is 24.3 Å². The summed E-state index contributed by atoms with van der Waals surface area (Å²) in [5.74, 6) is -0.245. The van der Waals surface area contributed by atoms with E-state index in [0.29, 0.717) is 12.1 Å². The molecule has 1 aromatic rings. The number of thiocarbonyl (C=S) groups is 1. The van der Waals surface area contributed by atoms with Gasteiger partial charge in [-0.3, -0.25) is 14.9 Å². The fraction of sp³-hybridized carbons (Fsp3) is 0.579. The lowest BCUT2D eigenvalue weighted by Crippen LogP contribution is -2.56. The first-order chi connectivity index (χ1) is 14.1. The summed E-state index contributed by atoms with van der Waals surface area (Å²) < 4.78 is -1.84. The van der Waals surface area contributed by atoms with E-state index in [0.717, 1.165) is 19.3 Å². The van der Waals surface area contributed by atoms with Gasteiger partial charge in [0.05, 0.1) is 4.92 Å². The molecule has 0 saturated carbocycles. The Balaban J connectivity index is 2.48. The quantitative estimate of drug-likeness (QED) is 0.0839. The molecule has 0 bridgehead atoms. The van der Waals surface area contributed by atoms with Crippen molar-refractivity contribution < 1.29 is 9.72 Å². The molecule has 1 aromatic carbocycles. The molecule has 0 aromatic heterocycles. The van der Waals surface area contributed by atoms with Crippen molar-refractivity contribution in [1.29, 1.82) is 0 Å². The van der Waals surface area contributed by atoms with Gasteiger partial charge in [0.1, 0.15) is 6.17 Å². The van der Waals surface area contributed by atoms with E-state index in [9.17, 15) is 14.9 Å². The molecule has 11 heteroatoms. The summed E-state index contributed by atoms with van der Waals surface area (Å²) in [7, 11) is 0. The van der Waals surface area contributed by atoms with Gasteiger partial charge < -0.3 is 16.0 Å². The molecule has 30 heavy (non-hydrogen) atoms. The smallest absolute Gasteiger partial charge is 0.269 e. The molecule has 0 aliphatic carbocycles. The van der Waals surface area contributed by atoms with Gasteiger partial charge in [-0.15, -0.1) is 0 Å². The molecule has 1 amide bonds. The maximum Gasteiger partial charge on any atom is 0.269 e. The summed E-state index contributed by atoms with van der Waals surface area (Å²) in [6.07, 6.45) is 6.96. The standard InChI is InChI=1S/C19H27Cl3N4O3S/c1-2-3-4-5-6-7-8-9-16(27)24-17(19(20,21)22)25-18(30)23-14-10-12-15(13-11-14)26(28)29/h10-13,17H,2-9H2,1H3,(H,24,27)(H2,23,25,30)/t17-/m1/s1. The fourth-order valence-electron chi connectivity index (χ4n) is 2.64. The van der Waals surface area contributed by atoms with Crippen molar-refractivity contribution in [1.82, 2.24) is 10.6 Å². The van der Waals surface area contributed by atoms with Gasteiger partial charge in [-0.05, 0) is 30.8 Å². The Morgan fingerprint density at radius 2 is 1.63 bits per heavy atom. The molecule has 1 rings (SSSR count). The van der Waals surface area contributed by atoms with Crippen molar-refractivity contribution in [2.24, 2.45) is 0 Å². The maximum atomic E-state index is 12.2. The van der Waals surface area contributed by atoms with Crippen LogP contribution in [0.25, 0.3) is 0 Å². The van der Waals surface area contributed by atoms with Crippen molar-refractivity contribution in [3.63, 3.8) is 0 Å². The summed E-state index contributed by atoms with van der Waals surface area (Å²) in [6.45, 7) is 2.17. The van der Waals surface area contributed by atoms with E-state index in [1.807, 2.05) is 0 Å². The topological polar surface area (TPSA) is 96.3 Å². The van der Waals surface area contributed by atoms with E-state index >= 15 is 0 Å². The van der Waals surface area contributed by atoms with Crippen LogP contribution in [-0.4, -0.2) is 25.9 Å². The molecule has 7 nitrogen and oxygen atoms in total. The highest BCUT2D eigenvalue weighted by atomic mass is 35.6. The van der Waals surface area contributed by atoms with Crippen LogP contribution in [-0.2, 0) is 4.79 Å². The lowest BCUT2D eigenvalue weighted by atomic mass is 10.1. The third-order valence-corrected chi connectivity index (χ3v) is 5.13. The van der Waals surface area contributed by atoms with E-state index < -0.39 is 14.9 Å². The molecule has 0 heterocycles. The van der Waals surface area contributed by atoms with Crippen LogP contribution in [0.5, 0.6) is 0 Å². The Morgan fingerprint density at radius 1 is 1.07 bits per heavy atom. The summed E-state index contributed by atoms with van der Waals surface area (Å²) >= 11 is 23.1. The molecule has 0 unspecified atom stereocenters. The molecule has 0 aliphatic heterocycles. The number of alkyl halides is 3. The van der Waals surface area contributed by atoms with E-state index in [4.69, 9.17) is 47.0 Å². The molecule has 0 aliphatic rings. The number of rotatable bonds is 12. The Labute approximate surface area is 197 Å². The lowest BCUT2D eigenvalue weighted by Gasteiger charge is -2.27. The molecule has 0 spiro atoms. The highest BCUT2D eigenvalue weighted by Gasteiger charge is 2.34. The number of carbonyl (C=O) groups excluding carboxylic acids is 1. The maximum absolute atomic E-state index is 12.2. The van der Waals surface area contributed by atoms with E-state index in [1.54, 1.807) is 0 Å². The summed E-state index contributed by atoms with van der Waals surface area (Å²) in [4.78, 5) is 22.4. The first kappa shape index (κ1) is 26.7. The Hall–Kier alpha value is -1.35. The molecule has 0 radical (unpaired) electrons. The van der Waals surface area contributed by atoms with Crippen molar-refractivity contribution in [2.75, 3.05) is 5.32 Å². The third kappa shape index (κ3) is 11.2. The predicted octanol–water partition coefficient (Wildman–Crippen LogP) is 5.83. The number of anilines is 1. The number of nitrogens with one attached hydrogen (secondary N) is 3. The number of carbonyl (C=O) groups is 1. The molecular weight excluding hydrogens is 471 g/mol. The Bertz CT molecular complexity index is 699.